The Labute approximate surface area is 136 Å². The molecule has 0 spiro atoms. The summed E-state index contributed by atoms with van der Waals surface area (Å²) in [6, 6.07) is 7.59. The van der Waals surface area contributed by atoms with Crippen LogP contribution in [0.5, 0.6) is 0 Å². The molecule has 0 bridgehead atoms. The van der Waals surface area contributed by atoms with Gasteiger partial charge in [0.1, 0.15) is 5.41 Å². The normalized spacial score (nSPS) is 15.2. The summed E-state index contributed by atoms with van der Waals surface area (Å²) in [5, 5.41) is 3.60. The molecule has 1 saturated carbocycles. The highest BCUT2D eigenvalue weighted by molar-refractivity contribution is 6.30. The van der Waals surface area contributed by atoms with Crippen LogP contribution >= 0.6 is 11.6 Å². The molecule has 2 rings (SSSR count). The SMILES string of the molecule is CCN(CC)C(=O)C1(C(=O)NCCc2cccc(Cl)c2)CC1. The number of carbonyl (C=O) groups excluding carboxylic acids is 2. The van der Waals surface area contributed by atoms with E-state index in [9.17, 15) is 9.59 Å². The van der Waals surface area contributed by atoms with Crippen molar-refractivity contribution in [1.29, 1.82) is 0 Å². The zero-order valence-electron chi connectivity index (χ0n) is 13.2. The molecule has 1 aliphatic rings. The predicted molar refractivity (Wildman–Crippen MR) is 87.8 cm³/mol. The van der Waals surface area contributed by atoms with Crippen molar-refractivity contribution in [2.45, 2.75) is 33.1 Å². The fourth-order valence-corrected chi connectivity index (χ4v) is 2.87. The van der Waals surface area contributed by atoms with E-state index in [0.717, 1.165) is 5.56 Å². The first-order chi connectivity index (χ1) is 10.5. The van der Waals surface area contributed by atoms with Gasteiger partial charge in [-0.05, 0) is 50.8 Å². The molecule has 0 saturated heterocycles. The Balaban J connectivity index is 1.88. The number of rotatable bonds is 7. The van der Waals surface area contributed by atoms with E-state index in [1.807, 2.05) is 38.1 Å². The van der Waals surface area contributed by atoms with Gasteiger partial charge in [0.15, 0.2) is 0 Å². The van der Waals surface area contributed by atoms with Crippen molar-refractivity contribution in [3.63, 3.8) is 0 Å². The quantitative estimate of drug-likeness (QED) is 0.785. The minimum absolute atomic E-state index is 0.0299. The number of nitrogens with one attached hydrogen (secondary N) is 1. The topological polar surface area (TPSA) is 49.4 Å². The van der Waals surface area contributed by atoms with Crippen molar-refractivity contribution in [1.82, 2.24) is 10.2 Å². The van der Waals surface area contributed by atoms with E-state index in [4.69, 9.17) is 11.6 Å². The molecular weight excluding hydrogens is 300 g/mol. The lowest BCUT2D eigenvalue weighted by atomic mass is 10.0. The van der Waals surface area contributed by atoms with Gasteiger partial charge in [0, 0.05) is 24.7 Å². The Bertz CT molecular complexity index is 551. The molecule has 1 fully saturated rings. The average molecular weight is 323 g/mol. The Morgan fingerprint density at radius 2 is 1.95 bits per heavy atom. The van der Waals surface area contributed by atoms with Gasteiger partial charge < -0.3 is 10.2 Å². The van der Waals surface area contributed by atoms with Crippen molar-refractivity contribution in [3.05, 3.63) is 34.9 Å². The highest BCUT2D eigenvalue weighted by atomic mass is 35.5. The highest BCUT2D eigenvalue weighted by Gasteiger charge is 2.57. The minimum Gasteiger partial charge on any atom is -0.355 e. The van der Waals surface area contributed by atoms with Crippen LogP contribution in [0, 0.1) is 5.41 Å². The molecular formula is C17H23ClN2O2. The van der Waals surface area contributed by atoms with Crippen molar-refractivity contribution in [3.8, 4) is 0 Å². The van der Waals surface area contributed by atoms with Gasteiger partial charge in [-0.15, -0.1) is 0 Å². The summed E-state index contributed by atoms with van der Waals surface area (Å²) in [7, 11) is 0. The molecule has 2 amide bonds. The summed E-state index contributed by atoms with van der Waals surface area (Å²) < 4.78 is 0. The first kappa shape index (κ1) is 16.8. The van der Waals surface area contributed by atoms with Crippen LogP contribution in [0.1, 0.15) is 32.3 Å². The fraction of sp³-hybridized carbons (Fsp3) is 0.529. The third kappa shape index (κ3) is 3.61. The molecule has 0 heterocycles. The summed E-state index contributed by atoms with van der Waals surface area (Å²) in [4.78, 5) is 26.6. The first-order valence-corrected chi connectivity index (χ1v) is 8.23. The summed E-state index contributed by atoms with van der Waals surface area (Å²) in [6.45, 7) is 5.69. The van der Waals surface area contributed by atoms with Gasteiger partial charge in [-0.1, -0.05) is 23.7 Å². The van der Waals surface area contributed by atoms with Gasteiger partial charge in [-0.2, -0.15) is 0 Å². The predicted octanol–water partition coefficient (Wildman–Crippen LogP) is 2.65. The van der Waals surface area contributed by atoms with E-state index in [-0.39, 0.29) is 11.8 Å². The lowest BCUT2D eigenvalue weighted by molar-refractivity contribution is -0.143. The Hall–Kier alpha value is -1.55. The van der Waals surface area contributed by atoms with E-state index < -0.39 is 5.41 Å². The number of carbonyl (C=O) groups is 2. The monoisotopic (exact) mass is 322 g/mol. The number of hydrogen-bond acceptors (Lipinski definition) is 2. The number of halogens is 1. The molecule has 1 aliphatic carbocycles. The molecule has 120 valence electrons. The maximum absolute atomic E-state index is 12.5. The minimum atomic E-state index is -0.805. The second kappa shape index (κ2) is 7.14. The number of amides is 2. The van der Waals surface area contributed by atoms with Gasteiger partial charge in [0.2, 0.25) is 11.8 Å². The Morgan fingerprint density at radius 1 is 1.27 bits per heavy atom. The van der Waals surface area contributed by atoms with E-state index in [2.05, 4.69) is 5.32 Å². The summed E-state index contributed by atoms with van der Waals surface area (Å²) in [5.74, 6) is -0.163. The van der Waals surface area contributed by atoms with E-state index in [1.165, 1.54) is 0 Å². The standard InChI is InChI=1S/C17H23ClN2O2/c1-3-20(4-2)16(22)17(9-10-17)15(21)19-11-8-13-6-5-7-14(18)12-13/h5-7,12H,3-4,8-11H2,1-2H3,(H,19,21). The molecule has 5 heteroatoms. The van der Waals surface area contributed by atoms with Crippen molar-refractivity contribution in [2.24, 2.45) is 5.41 Å². The van der Waals surface area contributed by atoms with Gasteiger partial charge in [0.25, 0.3) is 0 Å². The van der Waals surface area contributed by atoms with Crippen LogP contribution in [0.4, 0.5) is 0 Å². The van der Waals surface area contributed by atoms with E-state index in [1.54, 1.807) is 4.90 Å². The smallest absolute Gasteiger partial charge is 0.238 e. The van der Waals surface area contributed by atoms with Crippen molar-refractivity contribution >= 4 is 23.4 Å². The molecule has 1 N–H and O–H groups in total. The molecule has 22 heavy (non-hydrogen) atoms. The number of hydrogen-bond donors (Lipinski definition) is 1. The van der Waals surface area contributed by atoms with Crippen molar-refractivity contribution in [2.75, 3.05) is 19.6 Å². The second-order valence-electron chi connectivity index (χ2n) is 5.70. The van der Waals surface area contributed by atoms with Crippen molar-refractivity contribution < 1.29 is 9.59 Å². The lowest BCUT2D eigenvalue weighted by Gasteiger charge is -2.24. The van der Waals surface area contributed by atoms with Gasteiger partial charge in [-0.3, -0.25) is 9.59 Å². The van der Waals surface area contributed by atoms with Gasteiger partial charge in [-0.25, -0.2) is 0 Å². The summed E-state index contributed by atoms with van der Waals surface area (Å²) in [6.07, 6.45) is 2.03. The molecule has 4 nitrogen and oxygen atoms in total. The summed E-state index contributed by atoms with van der Waals surface area (Å²) >= 11 is 5.94. The largest absolute Gasteiger partial charge is 0.355 e. The van der Waals surface area contributed by atoms with Crippen LogP contribution in [0.2, 0.25) is 5.02 Å². The maximum atomic E-state index is 12.5. The van der Waals surface area contributed by atoms with Crippen LogP contribution in [0.3, 0.4) is 0 Å². The van der Waals surface area contributed by atoms with Crippen LogP contribution in [0.25, 0.3) is 0 Å². The van der Waals surface area contributed by atoms with E-state index in [0.29, 0.717) is 43.9 Å². The molecule has 1 aromatic rings. The summed E-state index contributed by atoms with van der Waals surface area (Å²) in [5.41, 5.74) is 0.271. The highest BCUT2D eigenvalue weighted by Crippen LogP contribution is 2.47. The average Bonchev–Trinajstić information content (AvgIpc) is 3.30. The third-order valence-corrected chi connectivity index (χ3v) is 4.47. The molecule has 0 radical (unpaired) electrons. The third-order valence-electron chi connectivity index (χ3n) is 4.23. The lowest BCUT2D eigenvalue weighted by Crippen LogP contribution is -2.45. The molecule has 0 atom stereocenters. The zero-order chi connectivity index (χ0) is 16.2. The Morgan fingerprint density at radius 3 is 2.50 bits per heavy atom. The second-order valence-corrected chi connectivity index (χ2v) is 6.13. The van der Waals surface area contributed by atoms with E-state index >= 15 is 0 Å². The number of nitrogens with zero attached hydrogens (tertiary/aromatic N) is 1. The van der Waals surface area contributed by atoms with Crippen LogP contribution < -0.4 is 5.32 Å². The van der Waals surface area contributed by atoms with Gasteiger partial charge in [0.05, 0.1) is 0 Å². The number of benzene rings is 1. The van der Waals surface area contributed by atoms with Gasteiger partial charge >= 0.3 is 0 Å². The maximum Gasteiger partial charge on any atom is 0.238 e. The fourth-order valence-electron chi connectivity index (χ4n) is 2.66. The van der Waals surface area contributed by atoms with Crippen LogP contribution in [-0.4, -0.2) is 36.3 Å². The molecule has 1 aromatic carbocycles. The first-order valence-electron chi connectivity index (χ1n) is 7.85. The zero-order valence-corrected chi connectivity index (χ0v) is 13.9. The van der Waals surface area contributed by atoms with Crippen LogP contribution in [0.15, 0.2) is 24.3 Å². The molecule has 0 unspecified atom stereocenters. The Kier molecular flexibility index (Phi) is 5.46. The molecule has 0 aromatic heterocycles. The molecule has 0 aliphatic heterocycles. The van der Waals surface area contributed by atoms with Crippen LogP contribution in [-0.2, 0) is 16.0 Å².